The summed E-state index contributed by atoms with van der Waals surface area (Å²) in [5.41, 5.74) is 0. The van der Waals surface area contributed by atoms with E-state index in [0.717, 1.165) is 0 Å². The van der Waals surface area contributed by atoms with Gasteiger partial charge in [0, 0.05) is 20.4 Å². The number of carbonyl (C=O) groups excluding carboxylic acids is 1. The third kappa shape index (κ3) is 4.40. The normalized spacial score (nSPS) is 10.7. The Kier molecular flexibility index (Phi) is 6.31. The van der Waals surface area contributed by atoms with Crippen LogP contribution in [0.5, 0.6) is 0 Å². The van der Waals surface area contributed by atoms with Gasteiger partial charge in [-0.15, -0.1) is 0 Å². The molecule has 0 heterocycles. The Bertz CT molecular complexity index is 120. The van der Waals surface area contributed by atoms with E-state index in [2.05, 4.69) is 4.99 Å². The van der Waals surface area contributed by atoms with E-state index in [1.165, 1.54) is 6.08 Å². The summed E-state index contributed by atoms with van der Waals surface area (Å²) in [4.78, 5) is 13.0. The predicted octanol–water partition coefficient (Wildman–Crippen LogP) is -0.975. The van der Waals surface area contributed by atoms with Gasteiger partial charge in [0.25, 0.3) is 0 Å². The zero-order valence-electron chi connectivity index (χ0n) is 6.16. The van der Waals surface area contributed by atoms with Gasteiger partial charge < -0.3 is 9.47 Å². The maximum atomic E-state index is 9.61. The molecule has 0 N–H and O–H groups in total. The molecule has 0 unspecified atom stereocenters. The van der Waals surface area contributed by atoms with Crippen molar-refractivity contribution in [3.05, 3.63) is 0 Å². The van der Waals surface area contributed by atoms with Crippen molar-refractivity contribution >= 4 is 15.6 Å². The number of isocyanates is 1. The highest BCUT2D eigenvalue weighted by Crippen LogP contribution is 1.86. The van der Waals surface area contributed by atoms with Crippen molar-refractivity contribution in [2.75, 3.05) is 20.4 Å². The first-order valence-corrected chi connectivity index (χ1v) is 4.76. The van der Waals surface area contributed by atoms with Crippen LogP contribution in [0.2, 0.25) is 0 Å². The maximum absolute atomic E-state index is 9.61. The molecule has 58 valence electrons. The SMILES string of the molecule is COC(OC)[SiH2]CN=C=O. The van der Waals surface area contributed by atoms with E-state index in [9.17, 15) is 4.79 Å². The molecule has 0 atom stereocenters. The van der Waals surface area contributed by atoms with Crippen molar-refractivity contribution < 1.29 is 14.3 Å². The fourth-order valence-corrected chi connectivity index (χ4v) is 1.45. The van der Waals surface area contributed by atoms with Gasteiger partial charge in [-0.1, -0.05) is 0 Å². The van der Waals surface area contributed by atoms with Gasteiger partial charge in [0.05, 0.1) is 0 Å². The second kappa shape index (κ2) is 6.63. The van der Waals surface area contributed by atoms with Crippen LogP contribution in [-0.4, -0.2) is 41.9 Å². The standard InChI is InChI=1S/C5H11NO3Si/c1-8-5(9-2)10-4-6-3-7/h5H,4,10H2,1-2H3. The molecule has 0 amide bonds. The molecule has 0 aromatic carbocycles. The van der Waals surface area contributed by atoms with Crippen LogP contribution in [0, 0.1) is 0 Å². The molecule has 10 heavy (non-hydrogen) atoms. The van der Waals surface area contributed by atoms with Crippen LogP contribution in [0.3, 0.4) is 0 Å². The van der Waals surface area contributed by atoms with Crippen molar-refractivity contribution in [2.24, 2.45) is 4.99 Å². The van der Waals surface area contributed by atoms with Gasteiger partial charge in [-0.2, -0.15) is 0 Å². The third-order valence-corrected chi connectivity index (χ3v) is 2.69. The average molecular weight is 161 g/mol. The average Bonchev–Trinajstić information content (AvgIpc) is 1.99. The van der Waals surface area contributed by atoms with Gasteiger partial charge in [-0.3, -0.25) is 0 Å². The number of hydrogen-bond acceptors (Lipinski definition) is 4. The van der Waals surface area contributed by atoms with Gasteiger partial charge in [0.15, 0.2) is 0 Å². The van der Waals surface area contributed by atoms with Crippen LogP contribution in [0.15, 0.2) is 4.99 Å². The van der Waals surface area contributed by atoms with E-state index < -0.39 is 9.52 Å². The zero-order valence-corrected chi connectivity index (χ0v) is 7.58. The topological polar surface area (TPSA) is 47.9 Å². The van der Waals surface area contributed by atoms with Gasteiger partial charge in [0.2, 0.25) is 6.08 Å². The van der Waals surface area contributed by atoms with Crippen LogP contribution < -0.4 is 0 Å². The first-order valence-electron chi connectivity index (χ1n) is 2.94. The molecule has 4 nitrogen and oxygen atoms in total. The molecule has 5 heteroatoms. The summed E-state index contributed by atoms with van der Waals surface area (Å²) in [6.45, 7) is 0. The molecular weight excluding hydrogens is 150 g/mol. The summed E-state index contributed by atoms with van der Waals surface area (Å²) < 4.78 is 9.79. The molecule has 0 radical (unpaired) electrons. The highest BCUT2D eigenvalue weighted by molar-refractivity contribution is 6.36. The molecule has 0 saturated carbocycles. The molecule has 0 bridgehead atoms. The van der Waals surface area contributed by atoms with Crippen LogP contribution in [0.4, 0.5) is 0 Å². The highest BCUT2D eigenvalue weighted by atomic mass is 28.2. The number of aliphatic imine (C=N–C) groups is 1. The number of ether oxygens (including phenoxy) is 2. The fourth-order valence-electron chi connectivity index (χ4n) is 0.548. The first-order chi connectivity index (χ1) is 4.85. The van der Waals surface area contributed by atoms with E-state index in [-0.39, 0.29) is 5.91 Å². The minimum absolute atomic E-state index is 0.128. The molecule has 0 aromatic rings. The molecule has 0 aromatic heterocycles. The summed E-state index contributed by atoms with van der Waals surface area (Å²) in [5.74, 6) is -0.128. The van der Waals surface area contributed by atoms with Crippen molar-refractivity contribution in [2.45, 2.75) is 5.91 Å². The molecule has 0 rings (SSSR count). The van der Waals surface area contributed by atoms with E-state index in [1.54, 1.807) is 14.2 Å². The minimum atomic E-state index is -0.559. The van der Waals surface area contributed by atoms with Gasteiger partial charge in [-0.05, 0) is 0 Å². The Balaban J connectivity index is 3.34. The van der Waals surface area contributed by atoms with E-state index in [4.69, 9.17) is 9.47 Å². The second-order valence-electron chi connectivity index (χ2n) is 1.66. The largest absolute Gasteiger partial charge is 0.360 e. The zero-order chi connectivity index (χ0) is 7.82. The van der Waals surface area contributed by atoms with E-state index in [0.29, 0.717) is 6.17 Å². The molecule has 0 aliphatic heterocycles. The first kappa shape index (κ1) is 9.52. The van der Waals surface area contributed by atoms with Crippen LogP contribution in [0.1, 0.15) is 0 Å². The lowest BCUT2D eigenvalue weighted by Crippen LogP contribution is -2.23. The van der Waals surface area contributed by atoms with Gasteiger partial charge >= 0.3 is 0 Å². The Morgan fingerprint density at radius 3 is 2.60 bits per heavy atom. The van der Waals surface area contributed by atoms with Crippen molar-refractivity contribution in [1.82, 2.24) is 0 Å². The highest BCUT2D eigenvalue weighted by Gasteiger charge is 2.03. The Morgan fingerprint density at radius 2 is 2.20 bits per heavy atom. The second-order valence-corrected chi connectivity index (χ2v) is 3.35. The fraction of sp³-hybridized carbons (Fsp3) is 0.800. The molecule has 0 spiro atoms. The summed E-state index contributed by atoms with van der Waals surface area (Å²) in [6, 6.07) is 0. The number of methoxy groups -OCH3 is 2. The van der Waals surface area contributed by atoms with Crippen molar-refractivity contribution in [3.8, 4) is 0 Å². The summed E-state index contributed by atoms with van der Waals surface area (Å²) in [6.07, 6.45) is 2.01. The Labute approximate surface area is 62.1 Å². The molecular formula is C5H11NO3Si. The van der Waals surface area contributed by atoms with Gasteiger partial charge in [0.1, 0.15) is 15.4 Å². The summed E-state index contributed by atoms with van der Waals surface area (Å²) >= 11 is 0. The quantitative estimate of drug-likeness (QED) is 0.225. The van der Waals surface area contributed by atoms with Gasteiger partial charge in [-0.25, -0.2) is 9.79 Å². The molecule has 0 aliphatic rings. The summed E-state index contributed by atoms with van der Waals surface area (Å²) in [7, 11) is 2.59. The lowest BCUT2D eigenvalue weighted by Gasteiger charge is -2.09. The number of rotatable bonds is 5. The van der Waals surface area contributed by atoms with Crippen LogP contribution >= 0.6 is 0 Å². The monoisotopic (exact) mass is 161 g/mol. The molecule has 0 aliphatic carbocycles. The minimum Gasteiger partial charge on any atom is -0.360 e. The smallest absolute Gasteiger partial charge is 0.234 e. The predicted molar refractivity (Wildman–Crippen MR) is 39.3 cm³/mol. The lowest BCUT2D eigenvalue weighted by atomic mass is 11.3. The molecule has 0 fully saturated rings. The van der Waals surface area contributed by atoms with Crippen molar-refractivity contribution in [3.63, 3.8) is 0 Å². The van der Waals surface area contributed by atoms with E-state index in [1.807, 2.05) is 0 Å². The molecule has 0 saturated heterocycles. The van der Waals surface area contributed by atoms with Crippen LogP contribution in [-0.2, 0) is 14.3 Å². The third-order valence-electron chi connectivity index (χ3n) is 1.07. The van der Waals surface area contributed by atoms with E-state index >= 15 is 0 Å². The number of hydrogen-bond donors (Lipinski definition) is 0. The number of nitrogens with zero attached hydrogens (tertiary/aromatic N) is 1. The van der Waals surface area contributed by atoms with Crippen LogP contribution in [0.25, 0.3) is 0 Å². The lowest BCUT2D eigenvalue weighted by molar-refractivity contribution is -0.0439. The Hall–Kier alpha value is -0.483. The summed E-state index contributed by atoms with van der Waals surface area (Å²) in [5, 5.41) is 0. The Morgan fingerprint density at radius 1 is 1.60 bits per heavy atom. The maximum Gasteiger partial charge on any atom is 0.234 e. The van der Waals surface area contributed by atoms with Crippen molar-refractivity contribution in [1.29, 1.82) is 0 Å².